The first-order valence-electron chi connectivity index (χ1n) is 4.83. The minimum atomic E-state index is 0.263. The molecule has 3 N–H and O–H groups in total. The summed E-state index contributed by atoms with van der Waals surface area (Å²) in [6.07, 6.45) is 2.87. The van der Waals surface area contributed by atoms with Gasteiger partial charge in [-0.25, -0.2) is 0 Å². The minimum Gasteiger partial charge on any atom is -0.327 e. The zero-order chi connectivity index (χ0) is 9.97. The Morgan fingerprint density at radius 2 is 2.29 bits per heavy atom. The lowest BCUT2D eigenvalue weighted by atomic mass is 9.93. The second-order valence-corrected chi connectivity index (χ2v) is 4.67. The summed E-state index contributed by atoms with van der Waals surface area (Å²) in [7, 11) is 0. The number of nitrogens with two attached hydrogens (primary N) is 1. The highest BCUT2D eigenvalue weighted by Gasteiger charge is 2.20. The lowest BCUT2D eigenvalue weighted by Crippen LogP contribution is -2.43. The summed E-state index contributed by atoms with van der Waals surface area (Å²) in [4.78, 5) is 4.39. The maximum absolute atomic E-state index is 5.89. The fourth-order valence-corrected chi connectivity index (χ4v) is 2.06. The number of aromatic nitrogens is 1. The van der Waals surface area contributed by atoms with Crippen LogP contribution in [0.25, 0.3) is 0 Å². The number of piperidine rings is 1. The molecular weight excluding hydrogens is 242 g/mol. The van der Waals surface area contributed by atoms with Crippen LogP contribution in [0.1, 0.15) is 18.0 Å². The van der Waals surface area contributed by atoms with Crippen LogP contribution in [-0.2, 0) is 0 Å². The summed E-state index contributed by atoms with van der Waals surface area (Å²) in [5.41, 5.74) is 7.03. The largest absolute Gasteiger partial charge is 0.327 e. The van der Waals surface area contributed by atoms with E-state index in [4.69, 9.17) is 5.73 Å². The molecular formula is C10H14BrN3. The van der Waals surface area contributed by atoms with Gasteiger partial charge in [-0.3, -0.25) is 4.98 Å². The van der Waals surface area contributed by atoms with Crippen LogP contribution in [0.3, 0.4) is 0 Å². The predicted molar refractivity (Wildman–Crippen MR) is 60.1 cm³/mol. The molecule has 1 aliphatic heterocycles. The minimum absolute atomic E-state index is 0.263. The maximum Gasteiger partial charge on any atom is 0.0448 e. The Morgan fingerprint density at radius 1 is 1.43 bits per heavy atom. The number of nitrogens with zero attached hydrogens (tertiary/aromatic N) is 1. The van der Waals surface area contributed by atoms with E-state index in [2.05, 4.69) is 32.3 Å². The smallest absolute Gasteiger partial charge is 0.0448 e. The first kappa shape index (κ1) is 10.1. The highest BCUT2D eigenvalue weighted by atomic mass is 79.9. The Labute approximate surface area is 92.2 Å². The third-order valence-electron chi connectivity index (χ3n) is 2.55. The van der Waals surface area contributed by atoms with Gasteiger partial charge >= 0.3 is 0 Å². The van der Waals surface area contributed by atoms with Crippen molar-refractivity contribution in [2.24, 2.45) is 5.73 Å². The Kier molecular flexibility index (Phi) is 3.15. The van der Waals surface area contributed by atoms with Crippen molar-refractivity contribution in [3.8, 4) is 0 Å². The van der Waals surface area contributed by atoms with Gasteiger partial charge in [0, 0.05) is 41.4 Å². The molecule has 0 aliphatic carbocycles. The van der Waals surface area contributed by atoms with Crippen molar-refractivity contribution in [1.82, 2.24) is 10.3 Å². The average Bonchev–Trinajstić information content (AvgIpc) is 2.19. The topological polar surface area (TPSA) is 50.9 Å². The normalized spacial score (nSPS) is 27.6. The molecule has 3 nitrogen and oxygen atoms in total. The number of halogens is 1. The molecule has 2 rings (SSSR count). The Hall–Kier alpha value is -0.450. The van der Waals surface area contributed by atoms with Crippen molar-refractivity contribution < 1.29 is 0 Å². The molecule has 0 aromatic carbocycles. The maximum atomic E-state index is 5.89. The first-order chi connectivity index (χ1) is 6.75. The molecule has 14 heavy (non-hydrogen) atoms. The Morgan fingerprint density at radius 3 is 2.93 bits per heavy atom. The Balaban J connectivity index is 2.10. The van der Waals surface area contributed by atoms with Crippen LogP contribution >= 0.6 is 15.9 Å². The monoisotopic (exact) mass is 255 g/mol. The van der Waals surface area contributed by atoms with E-state index in [-0.39, 0.29) is 6.04 Å². The molecule has 0 radical (unpaired) electrons. The molecule has 4 heteroatoms. The molecule has 1 saturated heterocycles. The second-order valence-electron chi connectivity index (χ2n) is 3.75. The van der Waals surface area contributed by atoms with Crippen LogP contribution < -0.4 is 11.1 Å². The highest BCUT2D eigenvalue weighted by molar-refractivity contribution is 9.10. The van der Waals surface area contributed by atoms with Gasteiger partial charge in [0.25, 0.3) is 0 Å². The molecule has 0 saturated carbocycles. The van der Waals surface area contributed by atoms with E-state index in [1.54, 1.807) is 0 Å². The van der Waals surface area contributed by atoms with Crippen LogP contribution in [-0.4, -0.2) is 24.1 Å². The molecule has 1 aliphatic rings. The van der Waals surface area contributed by atoms with Crippen molar-refractivity contribution in [3.63, 3.8) is 0 Å². The standard InChI is InChI=1S/C10H14BrN3/c11-8-1-2-10(14-5-8)7-3-9(12)6-13-4-7/h1-2,5,7,9,13H,3-4,6,12H2. The van der Waals surface area contributed by atoms with Crippen LogP contribution in [0.15, 0.2) is 22.8 Å². The van der Waals surface area contributed by atoms with Crippen LogP contribution in [0.5, 0.6) is 0 Å². The molecule has 1 fully saturated rings. The van der Waals surface area contributed by atoms with Gasteiger partial charge in [-0.2, -0.15) is 0 Å². The average molecular weight is 256 g/mol. The summed E-state index contributed by atoms with van der Waals surface area (Å²) in [6.45, 7) is 1.91. The van der Waals surface area contributed by atoms with Crippen LogP contribution in [0, 0.1) is 0 Å². The molecule has 0 bridgehead atoms. The van der Waals surface area contributed by atoms with Gasteiger partial charge in [0.1, 0.15) is 0 Å². The third-order valence-corrected chi connectivity index (χ3v) is 3.02. The molecule has 1 aromatic rings. The molecule has 1 aromatic heterocycles. The molecule has 2 atom stereocenters. The summed E-state index contributed by atoms with van der Waals surface area (Å²) in [5.74, 6) is 0.465. The van der Waals surface area contributed by atoms with Gasteiger partial charge in [0.15, 0.2) is 0 Å². The summed E-state index contributed by atoms with van der Waals surface area (Å²) < 4.78 is 1.02. The van der Waals surface area contributed by atoms with Crippen molar-refractivity contribution >= 4 is 15.9 Å². The molecule has 0 spiro atoms. The van der Waals surface area contributed by atoms with E-state index in [1.165, 1.54) is 0 Å². The molecule has 2 unspecified atom stereocenters. The van der Waals surface area contributed by atoms with E-state index in [9.17, 15) is 0 Å². The van der Waals surface area contributed by atoms with Crippen molar-refractivity contribution in [2.45, 2.75) is 18.4 Å². The van der Waals surface area contributed by atoms with E-state index in [1.807, 2.05) is 12.3 Å². The quantitative estimate of drug-likeness (QED) is 0.795. The summed E-state index contributed by atoms with van der Waals surface area (Å²) >= 11 is 3.38. The fraction of sp³-hybridized carbons (Fsp3) is 0.500. The van der Waals surface area contributed by atoms with Gasteiger partial charge in [-0.1, -0.05) is 0 Å². The lowest BCUT2D eigenvalue weighted by Gasteiger charge is -2.27. The Bertz CT molecular complexity index is 299. The SMILES string of the molecule is NC1CNCC(c2ccc(Br)cn2)C1. The molecule has 0 amide bonds. The van der Waals surface area contributed by atoms with Crippen molar-refractivity contribution in [3.05, 3.63) is 28.5 Å². The van der Waals surface area contributed by atoms with Crippen LogP contribution in [0.4, 0.5) is 0 Å². The third kappa shape index (κ3) is 2.32. The number of pyridine rings is 1. The number of nitrogens with one attached hydrogen (secondary N) is 1. The van der Waals surface area contributed by atoms with Crippen molar-refractivity contribution in [2.75, 3.05) is 13.1 Å². The number of hydrogen-bond donors (Lipinski definition) is 2. The number of hydrogen-bond acceptors (Lipinski definition) is 3. The summed E-state index contributed by atoms with van der Waals surface area (Å²) in [5, 5.41) is 3.32. The van der Waals surface area contributed by atoms with E-state index < -0.39 is 0 Å². The zero-order valence-electron chi connectivity index (χ0n) is 7.91. The fourth-order valence-electron chi connectivity index (χ4n) is 1.83. The van der Waals surface area contributed by atoms with Crippen molar-refractivity contribution in [1.29, 1.82) is 0 Å². The lowest BCUT2D eigenvalue weighted by molar-refractivity contribution is 0.406. The van der Waals surface area contributed by atoms with Gasteiger partial charge in [-0.15, -0.1) is 0 Å². The highest BCUT2D eigenvalue weighted by Crippen LogP contribution is 2.21. The number of rotatable bonds is 1. The van der Waals surface area contributed by atoms with Gasteiger partial charge in [0.05, 0.1) is 0 Å². The summed E-state index contributed by atoms with van der Waals surface area (Å²) in [6, 6.07) is 4.36. The molecule has 76 valence electrons. The predicted octanol–water partition coefficient (Wildman–Crippen LogP) is 1.25. The van der Waals surface area contributed by atoms with E-state index in [0.717, 1.165) is 29.7 Å². The first-order valence-corrected chi connectivity index (χ1v) is 5.63. The zero-order valence-corrected chi connectivity index (χ0v) is 9.50. The van der Waals surface area contributed by atoms with E-state index >= 15 is 0 Å². The van der Waals surface area contributed by atoms with Crippen LogP contribution in [0.2, 0.25) is 0 Å². The van der Waals surface area contributed by atoms with E-state index in [0.29, 0.717) is 5.92 Å². The van der Waals surface area contributed by atoms with Gasteiger partial charge < -0.3 is 11.1 Å². The second kappa shape index (κ2) is 4.38. The van der Waals surface area contributed by atoms with Gasteiger partial charge in [0.2, 0.25) is 0 Å². The molecule has 2 heterocycles. The van der Waals surface area contributed by atoms with Gasteiger partial charge in [-0.05, 0) is 34.5 Å².